The van der Waals surface area contributed by atoms with Crippen LogP contribution in [0.15, 0.2) is 24.3 Å². The Bertz CT molecular complexity index is 982. The molecule has 1 N–H and O–H groups in total. The molecule has 0 saturated heterocycles. The molecule has 0 aliphatic carbocycles. The molecule has 0 aromatic heterocycles. The van der Waals surface area contributed by atoms with Gasteiger partial charge in [-0.1, -0.05) is 45.8 Å². The molecule has 0 aromatic rings. The second-order valence-corrected chi connectivity index (χ2v) is 10.4. The summed E-state index contributed by atoms with van der Waals surface area (Å²) in [4.78, 5) is 23.2. The molecule has 0 rings (SSSR count). The fourth-order valence-electron chi connectivity index (χ4n) is 3.62. The number of aliphatic hydroxyl groups is 1. The van der Waals surface area contributed by atoms with Crippen LogP contribution in [-0.2, 0) is 19.1 Å². The normalized spacial score (nSPS) is 14.2. The number of unbranched alkanes of at least 4 members (excludes halogenated alkanes) is 4. The minimum absolute atomic E-state index is 0.150. The van der Waals surface area contributed by atoms with Crippen molar-refractivity contribution in [1.29, 1.82) is 0 Å². The average molecular weight is 669 g/mol. The minimum Gasteiger partial charge on any atom is -0.462 e. The van der Waals surface area contributed by atoms with E-state index in [-0.39, 0.29) is 18.4 Å². The zero-order chi connectivity index (χ0) is 34.8. The van der Waals surface area contributed by atoms with Crippen molar-refractivity contribution in [2.75, 3.05) is 19.8 Å². The van der Waals surface area contributed by atoms with E-state index in [1.807, 2.05) is 0 Å². The predicted molar refractivity (Wildman–Crippen MR) is 133 cm³/mol. The van der Waals surface area contributed by atoms with Crippen molar-refractivity contribution in [1.82, 2.24) is 0 Å². The van der Waals surface area contributed by atoms with E-state index in [9.17, 15) is 62.3 Å². The van der Waals surface area contributed by atoms with Gasteiger partial charge in [0.1, 0.15) is 0 Å². The standard InChI is InChI=1S/C27H36F12O5/c1-5-6-7-8-9-12-22(28,29)24(32,33)26(36,37)27(38,39)25(34,35)23(30,31)13-10-11-19(15-43-20(41)17(2)3)16-44-21(42)18(4)14-40/h19,40H,2,4-16H2,1,3H3. The van der Waals surface area contributed by atoms with E-state index >= 15 is 0 Å². The average Bonchev–Trinajstić information content (AvgIpc) is 2.92. The number of carbonyl (C=O) groups excluding carboxylic acids is 2. The summed E-state index contributed by atoms with van der Waals surface area (Å²) in [6.07, 6.45) is -6.31. The Hall–Kier alpha value is -2.46. The summed E-state index contributed by atoms with van der Waals surface area (Å²) in [7, 11) is 0. The number of hydrogen-bond donors (Lipinski definition) is 1. The van der Waals surface area contributed by atoms with Crippen molar-refractivity contribution >= 4 is 11.9 Å². The van der Waals surface area contributed by atoms with E-state index < -0.39 is 111 Å². The number of rotatable bonds is 22. The SMILES string of the molecule is C=C(C)C(=O)OCC(CCCC(F)(F)C(F)(F)C(F)(F)C(F)(F)C(F)(F)C(F)(F)CCCCCCC)COC(=O)C(=C)CO. The number of halogens is 12. The Morgan fingerprint density at radius 1 is 0.659 bits per heavy atom. The maximum Gasteiger partial charge on any atom is 0.384 e. The molecular weight excluding hydrogens is 632 g/mol. The molecule has 0 aliphatic rings. The van der Waals surface area contributed by atoms with Gasteiger partial charge in [-0.2, -0.15) is 52.7 Å². The highest BCUT2D eigenvalue weighted by molar-refractivity contribution is 5.88. The lowest BCUT2D eigenvalue weighted by Crippen LogP contribution is -2.70. The first-order chi connectivity index (χ1) is 19.9. The van der Waals surface area contributed by atoms with Gasteiger partial charge in [0.25, 0.3) is 0 Å². The summed E-state index contributed by atoms with van der Waals surface area (Å²) >= 11 is 0. The van der Waals surface area contributed by atoms with E-state index in [4.69, 9.17) is 14.6 Å². The quantitative estimate of drug-likeness (QED) is 0.0546. The Labute approximate surface area is 246 Å². The van der Waals surface area contributed by atoms with Gasteiger partial charge in [-0.05, 0) is 26.2 Å². The Morgan fingerprint density at radius 2 is 1.07 bits per heavy atom. The zero-order valence-electron chi connectivity index (χ0n) is 24.1. The molecule has 0 bridgehead atoms. The first-order valence-electron chi connectivity index (χ1n) is 13.4. The highest BCUT2D eigenvalue weighted by atomic mass is 19.4. The third kappa shape index (κ3) is 9.77. The van der Waals surface area contributed by atoms with Crippen LogP contribution in [0.25, 0.3) is 0 Å². The molecular formula is C27H36F12O5. The summed E-state index contributed by atoms with van der Waals surface area (Å²) in [6.45, 7) is 6.90. The largest absolute Gasteiger partial charge is 0.462 e. The summed E-state index contributed by atoms with van der Waals surface area (Å²) in [5.41, 5.74) is -0.626. The second-order valence-electron chi connectivity index (χ2n) is 10.4. The van der Waals surface area contributed by atoms with E-state index in [2.05, 4.69) is 13.2 Å². The van der Waals surface area contributed by atoms with Crippen molar-refractivity contribution in [2.45, 2.75) is 107 Å². The molecule has 5 nitrogen and oxygen atoms in total. The van der Waals surface area contributed by atoms with Crippen LogP contribution in [0.4, 0.5) is 52.7 Å². The van der Waals surface area contributed by atoms with Crippen molar-refractivity contribution in [3.63, 3.8) is 0 Å². The van der Waals surface area contributed by atoms with Gasteiger partial charge in [0.05, 0.1) is 25.4 Å². The molecule has 0 aromatic carbocycles. The molecule has 0 aliphatic heterocycles. The fraction of sp³-hybridized carbons (Fsp3) is 0.778. The number of aliphatic hydroxyl groups excluding tert-OH is 1. The first kappa shape index (κ1) is 41.5. The van der Waals surface area contributed by atoms with Crippen LogP contribution in [0, 0.1) is 5.92 Å². The molecule has 0 spiro atoms. The Kier molecular flexibility index (Phi) is 15.3. The van der Waals surface area contributed by atoms with Crippen molar-refractivity contribution in [2.24, 2.45) is 5.92 Å². The van der Waals surface area contributed by atoms with Gasteiger partial charge in [0.2, 0.25) is 0 Å². The Morgan fingerprint density at radius 3 is 1.48 bits per heavy atom. The highest BCUT2D eigenvalue weighted by Crippen LogP contribution is 2.61. The lowest BCUT2D eigenvalue weighted by atomic mass is 9.88. The van der Waals surface area contributed by atoms with Crippen LogP contribution in [0.1, 0.15) is 71.6 Å². The molecule has 44 heavy (non-hydrogen) atoms. The third-order valence-electron chi connectivity index (χ3n) is 6.53. The molecule has 258 valence electrons. The van der Waals surface area contributed by atoms with Crippen LogP contribution in [0.5, 0.6) is 0 Å². The highest BCUT2D eigenvalue weighted by Gasteiger charge is 2.89. The van der Waals surface area contributed by atoms with Gasteiger partial charge in [-0.15, -0.1) is 0 Å². The van der Waals surface area contributed by atoms with E-state index in [1.54, 1.807) is 6.92 Å². The monoisotopic (exact) mass is 668 g/mol. The summed E-state index contributed by atoms with van der Waals surface area (Å²) in [6, 6.07) is 0. The topological polar surface area (TPSA) is 72.8 Å². The zero-order valence-corrected chi connectivity index (χ0v) is 24.1. The Balaban J connectivity index is 5.83. The minimum atomic E-state index is -7.66. The lowest BCUT2D eigenvalue weighted by Gasteiger charge is -2.41. The maximum absolute atomic E-state index is 14.4. The van der Waals surface area contributed by atoms with Gasteiger partial charge in [-0.3, -0.25) is 0 Å². The molecule has 0 amide bonds. The molecule has 0 heterocycles. The van der Waals surface area contributed by atoms with Gasteiger partial charge in [0, 0.05) is 24.3 Å². The van der Waals surface area contributed by atoms with E-state index in [1.165, 1.54) is 6.92 Å². The van der Waals surface area contributed by atoms with Crippen LogP contribution in [-0.4, -0.2) is 72.4 Å². The number of carbonyl (C=O) groups is 2. The number of hydrogen-bond acceptors (Lipinski definition) is 5. The van der Waals surface area contributed by atoms with Crippen molar-refractivity contribution in [3.8, 4) is 0 Å². The fourth-order valence-corrected chi connectivity index (χ4v) is 3.62. The van der Waals surface area contributed by atoms with Gasteiger partial charge in [-0.25, -0.2) is 9.59 Å². The van der Waals surface area contributed by atoms with Gasteiger partial charge >= 0.3 is 47.5 Å². The molecule has 0 saturated carbocycles. The third-order valence-corrected chi connectivity index (χ3v) is 6.53. The number of esters is 2. The van der Waals surface area contributed by atoms with Crippen LogP contribution >= 0.6 is 0 Å². The smallest absolute Gasteiger partial charge is 0.384 e. The number of alkyl halides is 12. The van der Waals surface area contributed by atoms with Crippen LogP contribution < -0.4 is 0 Å². The molecule has 17 heteroatoms. The van der Waals surface area contributed by atoms with E-state index in [0.717, 1.165) is 0 Å². The van der Waals surface area contributed by atoms with Crippen molar-refractivity contribution < 1.29 is 76.9 Å². The van der Waals surface area contributed by atoms with Gasteiger partial charge < -0.3 is 14.6 Å². The lowest BCUT2D eigenvalue weighted by molar-refractivity contribution is -0.425. The summed E-state index contributed by atoms with van der Waals surface area (Å²) < 4.78 is 180. The maximum atomic E-state index is 14.4. The second kappa shape index (κ2) is 16.2. The van der Waals surface area contributed by atoms with Crippen LogP contribution in [0.2, 0.25) is 0 Å². The summed E-state index contributed by atoms with van der Waals surface area (Å²) in [5.74, 6) is -45.3. The molecule has 0 radical (unpaired) electrons. The van der Waals surface area contributed by atoms with E-state index in [0.29, 0.717) is 12.8 Å². The van der Waals surface area contributed by atoms with Crippen molar-refractivity contribution in [3.05, 3.63) is 24.3 Å². The molecule has 1 atom stereocenters. The van der Waals surface area contributed by atoms with Gasteiger partial charge in [0.15, 0.2) is 0 Å². The molecule has 1 unspecified atom stereocenters. The van der Waals surface area contributed by atoms with Crippen LogP contribution in [0.3, 0.4) is 0 Å². The predicted octanol–water partition coefficient (Wildman–Crippen LogP) is 8.16. The summed E-state index contributed by atoms with van der Waals surface area (Å²) in [5, 5.41) is 8.86. The number of ether oxygens (including phenoxy) is 2. The first-order valence-corrected chi connectivity index (χ1v) is 13.4. The molecule has 0 fully saturated rings.